The molecule has 0 saturated carbocycles. The average molecular weight is 473 g/mol. The molecule has 0 aliphatic carbocycles. The smallest absolute Gasteiger partial charge is 0.748 e. The van der Waals surface area contributed by atoms with Crippen LogP contribution in [0.1, 0.15) is 142 Å². The van der Waals surface area contributed by atoms with Crippen molar-refractivity contribution in [1.82, 2.24) is 0 Å². The van der Waals surface area contributed by atoms with E-state index in [2.05, 4.69) is 13.8 Å². The topological polar surface area (TPSA) is 77.4 Å². The minimum atomic E-state index is -4.31. The van der Waals surface area contributed by atoms with E-state index in [1.807, 2.05) is 0 Å². The van der Waals surface area contributed by atoms with E-state index in [4.69, 9.17) is 0 Å². The number of aliphatic hydroxyl groups excluding tert-OH is 1. The van der Waals surface area contributed by atoms with Gasteiger partial charge in [-0.3, -0.25) is 0 Å². The first-order valence-electron chi connectivity index (χ1n) is 12.5. The van der Waals surface area contributed by atoms with Crippen molar-refractivity contribution in [3.8, 4) is 0 Å². The monoisotopic (exact) mass is 472 g/mol. The van der Waals surface area contributed by atoms with Crippen molar-refractivity contribution in [2.75, 3.05) is 0 Å². The fourth-order valence-electron chi connectivity index (χ4n) is 4.00. The fourth-order valence-corrected chi connectivity index (χ4v) is 4.91. The van der Waals surface area contributed by atoms with Crippen LogP contribution in [0.15, 0.2) is 0 Å². The van der Waals surface area contributed by atoms with Crippen molar-refractivity contribution in [2.24, 2.45) is 0 Å². The first-order chi connectivity index (χ1) is 13.9. The molecule has 0 rings (SSSR count). The van der Waals surface area contributed by atoms with Crippen LogP contribution >= 0.6 is 0 Å². The molecule has 0 amide bonds. The zero-order chi connectivity index (χ0) is 21.8. The first-order valence-corrected chi connectivity index (χ1v) is 14.0. The summed E-state index contributed by atoms with van der Waals surface area (Å²) < 4.78 is 34.4. The van der Waals surface area contributed by atoms with Gasteiger partial charge in [0.2, 0.25) is 0 Å². The molecule has 0 fully saturated rings. The van der Waals surface area contributed by atoms with Crippen molar-refractivity contribution in [1.29, 1.82) is 0 Å². The Hall–Kier alpha value is 1.51. The number of hydrogen-bond acceptors (Lipinski definition) is 4. The molecule has 30 heavy (non-hydrogen) atoms. The summed E-state index contributed by atoms with van der Waals surface area (Å²) in [7, 11) is -4.31. The summed E-state index contributed by atoms with van der Waals surface area (Å²) >= 11 is 0. The van der Waals surface area contributed by atoms with Crippen molar-refractivity contribution < 1.29 is 69.5 Å². The third kappa shape index (κ3) is 22.7. The second-order valence-electron chi connectivity index (χ2n) is 8.88. The van der Waals surface area contributed by atoms with E-state index in [1.165, 1.54) is 70.6 Å². The summed E-state index contributed by atoms with van der Waals surface area (Å²) in [5, 5.41) is 9.24. The van der Waals surface area contributed by atoms with Gasteiger partial charge >= 0.3 is 51.4 Å². The van der Waals surface area contributed by atoms with E-state index in [0.717, 1.165) is 38.5 Å². The zero-order valence-electron chi connectivity index (χ0n) is 20.4. The van der Waals surface area contributed by atoms with Crippen LogP contribution in [0.25, 0.3) is 0 Å². The third-order valence-corrected chi connectivity index (χ3v) is 7.21. The van der Waals surface area contributed by atoms with Crippen LogP contribution in [0, 0.1) is 0 Å². The number of aliphatic hydroxyl groups is 1. The molecule has 0 saturated heterocycles. The number of rotatable bonds is 22. The van der Waals surface area contributed by atoms with E-state index < -0.39 is 21.5 Å². The Morgan fingerprint density at radius 3 is 1.37 bits per heavy atom. The molecule has 2 atom stereocenters. The molecule has 0 radical (unpaired) electrons. The molecule has 0 aromatic rings. The largest absolute Gasteiger partial charge is 1.00 e. The predicted octanol–water partition coefficient (Wildman–Crippen LogP) is 4.11. The van der Waals surface area contributed by atoms with E-state index in [0.29, 0.717) is 12.8 Å². The van der Waals surface area contributed by atoms with Crippen LogP contribution in [-0.2, 0) is 10.1 Å². The molecule has 0 aromatic carbocycles. The molecule has 0 aliphatic rings. The first kappa shape index (κ1) is 33.7. The van der Waals surface area contributed by atoms with Gasteiger partial charge in [0.15, 0.2) is 0 Å². The zero-order valence-corrected chi connectivity index (χ0v) is 24.3. The van der Waals surface area contributed by atoms with Crippen LogP contribution in [0.3, 0.4) is 0 Å². The summed E-state index contributed by atoms with van der Waals surface area (Å²) in [6, 6.07) is 0. The van der Waals surface area contributed by atoms with Crippen LogP contribution < -0.4 is 51.4 Å². The van der Waals surface area contributed by atoms with E-state index in [9.17, 15) is 18.1 Å². The maximum Gasteiger partial charge on any atom is 1.00 e. The van der Waals surface area contributed by atoms with E-state index in [1.54, 1.807) is 0 Å². The van der Waals surface area contributed by atoms with Crippen molar-refractivity contribution in [3.63, 3.8) is 0 Å². The molecule has 176 valence electrons. The summed E-state index contributed by atoms with van der Waals surface area (Å²) in [5.74, 6) is 0. The Balaban J connectivity index is 0. The van der Waals surface area contributed by atoms with Gasteiger partial charge in [-0.15, -0.1) is 0 Å². The molecular formula is C24H49KO4S. The second kappa shape index (κ2) is 23.7. The average Bonchev–Trinajstić information content (AvgIpc) is 2.67. The Bertz CT molecular complexity index is 442. The van der Waals surface area contributed by atoms with Gasteiger partial charge in [-0.25, -0.2) is 8.42 Å². The standard InChI is InChI=1S/C24H50O4S.K/c1-3-5-7-9-10-11-12-13-14-15-16-17-18-20-23(25)22-24(29(26,27)28)21-19-8-6-4-2;/h23-25H,3-22H2,1-2H3,(H,26,27,28);/q;+1/p-1. The Morgan fingerprint density at radius 2 is 0.967 bits per heavy atom. The molecule has 0 spiro atoms. The Labute approximate surface area is 230 Å². The molecule has 0 heterocycles. The second-order valence-corrected chi connectivity index (χ2v) is 10.5. The number of hydrogen-bond donors (Lipinski definition) is 1. The normalized spacial score (nSPS) is 13.7. The SMILES string of the molecule is CCCCCCCCCCCCCCCC(O)CC(CCCCCC)S(=O)(=O)[O-].[K+]. The van der Waals surface area contributed by atoms with Crippen LogP contribution in [0.5, 0.6) is 0 Å². The molecule has 0 bridgehead atoms. The Kier molecular flexibility index (Phi) is 26.6. The molecule has 2 unspecified atom stereocenters. The van der Waals surface area contributed by atoms with Gasteiger partial charge in [0, 0.05) is 0 Å². The van der Waals surface area contributed by atoms with Crippen LogP contribution in [-0.4, -0.2) is 29.4 Å². The van der Waals surface area contributed by atoms with E-state index >= 15 is 0 Å². The summed E-state index contributed by atoms with van der Waals surface area (Å²) in [6.45, 7) is 4.35. The van der Waals surface area contributed by atoms with Gasteiger partial charge in [-0.1, -0.05) is 123 Å². The Morgan fingerprint density at radius 1 is 0.633 bits per heavy atom. The minimum Gasteiger partial charge on any atom is -0.748 e. The maximum absolute atomic E-state index is 11.5. The van der Waals surface area contributed by atoms with Crippen LogP contribution in [0.4, 0.5) is 0 Å². The molecule has 1 N–H and O–H groups in total. The summed E-state index contributed by atoms with van der Waals surface area (Å²) in [5.41, 5.74) is 0. The van der Waals surface area contributed by atoms with Crippen molar-refractivity contribution in [3.05, 3.63) is 0 Å². The molecular weight excluding hydrogens is 423 g/mol. The fraction of sp³-hybridized carbons (Fsp3) is 1.00. The summed E-state index contributed by atoms with van der Waals surface area (Å²) in [6.07, 6.45) is 20.9. The van der Waals surface area contributed by atoms with Gasteiger partial charge < -0.3 is 9.66 Å². The van der Waals surface area contributed by atoms with Crippen molar-refractivity contribution >= 4 is 10.1 Å². The number of unbranched alkanes of at least 4 members (excludes halogenated alkanes) is 15. The van der Waals surface area contributed by atoms with Gasteiger partial charge in [0.1, 0.15) is 0 Å². The van der Waals surface area contributed by atoms with Gasteiger partial charge in [0.05, 0.1) is 21.5 Å². The minimum absolute atomic E-state index is 0. The summed E-state index contributed by atoms with van der Waals surface area (Å²) in [4.78, 5) is 0. The van der Waals surface area contributed by atoms with Gasteiger partial charge in [0.25, 0.3) is 0 Å². The van der Waals surface area contributed by atoms with Crippen LogP contribution in [0.2, 0.25) is 0 Å². The maximum atomic E-state index is 11.5. The molecule has 0 aliphatic heterocycles. The third-order valence-electron chi connectivity index (χ3n) is 5.96. The molecule has 6 heteroatoms. The molecule has 4 nitrogen and oxygen atoms in total. The quantitative estimate of drug-likeness (QED) is 0.146. The predicted molar refractivity (Wildman–Crippen MR) is 123 cm³/mol. The van der Waals surface area contributed by atoms with Gasteiger partial charge in [-0.2, -0.15) is 0 Å². The van der Waals surface area contributed by atoms with Gasteiger partial charge in [-0.05, 0) is 19.3 Å². The van der Waals surface area contributed by atoms with E-state index in [-0.39, 0.29) is 57.8 Å². The molecule has 0 aromatic heterocycles. The van der Waals surface area contributed by atoms with Crippen molar-refractivity contribution in [2.45, 2.75) is 154 Å².